The van der Waals surface area contributed by atoms with Crippen molar-refractivity contribution in [2.75, 3.05) is 13.1 Å². The van der Waals surface area contributed by atoms with Gasteiger partial charge >= 0.3 is 0 Å². The topological polar surface area (TPSA) is 59.2 Å². The minimum absolute atomic E-state index is 0. The van der Waals surface area contributed by atoms with Gasteiger partial charge in [-0.2, -0.15) is 0 Å². The van der Waals surface area contributed by atoms with Gasteiger partial charge in [0.1, 0.15) is 0 Å². The van der Waals surface area contributed by atoms with Crippen LogP contribution in [-0.4, -0.2) is 34.9 Å². The standard InChI is InChI=1S/C12H16FN3O.2ClH/c13-11-8-15-5-4-10(11)12(17)16-6-2-1-3-9(16)7-14;;/h4-5,8-9H,1-3,6-7,14H2;2*1H. The van der Waals surface area contributed by atoms with Crippen LogP contribution < -0.4 is 5.73 Å². The van der Waals surface area contributed by atoms with Crippen LogP contribution in [0.1, 0.15) is 29.6 Å². The number of nitrogens with zero attached hydrogens (tertiary/aromatic N) is 2. The van der Waals surface area contributed by atoms with Crippen LogP contribution in [0.15, 0.2) is 18.5 Å². The average Bonchev–Trinajstić information content (AvgIpc) is 2.38. The summed E-state index contributed by atoms with van der Waals surface area (Å²) in [6.07, 6.45) is 5.42. The Morgan fingerprint density at radius 2 is 2.21 bits per heavy atom. The molecule has 108 valence electrons. The van der Waals surface area contributed by atoms with Gasteiger partial charge in [0.25, 0.3) is 5.91 Å². The highest BCUT2D eigenvalue weighted by Crippen LogP contribution is 2.19. The van der Waals surface area contributed by atoms with Gasteiger partial charge in [0.15, 0.2) is 5.82 Å². The summed E-state index contributed by atoms with van der Waals surface area (Å²) >= 11 is 0. The molecule has 0 aliphatic carbocycles. The lowest BCUT2D eigenvalue weighted by atomic mass is 10.0. The van der Waals surface area contributed by atoms with E-state index in [0.717, 1.165) is 25.5 Å². The number of halogens is 3. The van der Waals surface area contributed by atoms with Crippen LogP contribution in [0.2, 0.25) is 0 Å². The van der Waals surface area contributed by atoms with Gasteiger partial charge < -0.3 is 10.6 Å². The maximum atomic E-state index is 13.5. The van der Waals surface area contributed by atoms with Gasteiger partial charge in [-0.1, -0.05) is 0 Å². The van der Waals surface area contributed by atoms with E-state index in [4.69, 9.17) is 5.73 Å². The summed E-state index contributed by atoms with van der Waals surface area (Å²) in [6.45, 7) is 1.08. The third-order valence-corrected chi connectivity index (χ3v) is 3.16. The molecule has 1 aliphatic rings. The fourth-order valence-corrected chi connectivity index (χ4v) is 2.22. The number of hydrogen-bond donors (Lipinski definition) is 1. The zero-order chi connectivity index (χ0) is 12.3. The number of aromatic nitrogens is 1. The molecule has 2 N–H and O–H groups in total. The molecule has 1 saturated heterocycles. The summed E-state index contributed by atoms with van der Waals surface area (Å²) in [4.78, 5) is 17.5. The first-order valence-electron chi connectivity index (χ1n) is 5.84. The molecule has 1 atom stereocenters. The molecule has 1 unspecified atom stereocenters. The summed E-state index contributed by atoms with van der Waals surface area (Å²) in [5.41, 5.74) is 5.73. The molecule has 2 rings (SSSR count). The maximum absolute atomic E-state index is 13.5. The van der Waals surface area contributed by atoms with E-state index in [1.54, 1.807) is 4.90 Å². The third kappa shape index (κ3) is 4.03. The normalized spacial score (nSPS) is 18.2. The molecule has 0 radical (unpaired) electrons. The summed E-state index contributed by atoms with van der Waals surface area (Å²) < 4.78 is 13.5. The van der Waals surface area contributed by atoms with Crippen LogP contribution >= 0.6 is 24.8 Å². The molecular weight excluding hydrogens is 292 g/mol. The van der Waals surface area contributed by atoms with Gasteiger partial charge in [-0.15, -0.1) is 24.8 Å². The van der Waals surface area contributed by atoms with Gasteiger partial charge in [0.05, 0.1) is 11.8 Å². The SMILES string of the molecule is Cl.Cl.NCC1CCCCN1C(=O)c1ccncc1F. The van der Waals surface area contributed by atoms with E-state index in [1.165, 1.54) is 12.3 Å². The van der Waals surface area contributed by atoms with Gasteiger partial charge in [0, 0.05) is 25.3 Å². The number of amides is 1. The first-order chi connectivity index (χ1) is 8.24. The second-order valence-electron chi connectivity index (χ2n) is 4.24. The zero-order valence-corrected chi connectivity index (χ0v) is 12.1. The van der Waals surface area contributed by atoms with Crippen LogP contribution in [0.25, 0.3) is 0 Å². The number of carbonyl (C=O) groups is 1. The highest BCUT2D eigenvalue weighted by atomic mass is 35.5. The highest BCUT2D eigenvalue weighted by molar-refractivity contribution is 5.94. The molecule has 1 aromatic rings. The van der Waals surface area contributed by atoms with Gasteiger partial charge in [-0.05, 0) is 25.3 Å². The molecule has 0 aromatic carbocycles. The van der Waals surface area contributed by atoms with E-state index in [9.17, 15) is 9.18 Å². The second kappa shape index (κ2) is 8.30. The van der Waals surface area contributed by atoms with E-state index in [1.807, 2.05) is 0 Å². The van der Waals surface area contributed by atoms with Crippen LogP contribution in [0, 0.1) is 5.82 Å². The lowest BCUT2D eigenvalue weighted by molar-refractivity contribution is 0.0618. The Morgan fingerprint density at radius 3 is 2.84 bits per heavy atom. The van der Waals surface area contributed by atoms with Gasteiger partial charge in [-0.25, -0.2) is 4.39 Å². The maximum Gasteiger partial charge on any atom is 0.257 e. The minimum atomic E-state index is -0.571. The first-order valence-corrected chi connectivity index (χ1v) is 5.84. The molecule has 1 aromatic heterocycles. The van der Waals surface area contributed by atoms with Crippen molar-refractivity contribution in [1.82, 2.24) is 9.88 Å². The Morgan fingerprint density at radius 1 is 1.47 bits per heavy atom. The molecule has 0 spiro atoms. The van der Waals surface area contributed by atoms with E-state index >= 15 is 0 Å². The molecular formula is C12H18Cl2FN3O. The smallest absolute Gasteiger partial charge is 0.257 e. The van der Waals surface area contributed by atoms with Crippen molar-refractivity contribution in [1.29, 1.82) is 0 Å². The van der Waals surface area contributed by atoms with Crippen molar-refractivity contribution in [3.8, 4) is 0 Å². The lowest BCUT2D eigenvalue weighted by Gasteiger charge is -2.35. The average molecular weight is 310 g/mol. The number of carbonyl (C=O) groups excluding carboxylic acids is 1. The summed E-state index contributed by atoms with van der Waals surface area (Å²) in [7, 11) is 0. The van der Waals surface area contributed by atoms with Crippen LogP contribution in [0.4, 0.5) is 4.39 Å². The van der Waals surface area contributed by atoms with Crippen molar-refractivity contribution < 1.29 is 9.18 Å². The molecule has 0 saturated carbocycles. The number of likely N-dealkylation sites (tertiary alicyclic amines) is 1. The number of piperidine rings is 1. The zero-order valence-electron chi connectivity index (χ0n) is 10.4. The van der Waals surface area contributed by atoms with E-state index < -0.39 is 5.82 Å². The number of rotatable bonds is 2. The molecule has 1 fully saturated rings. The van der Waals surface area contributed by atoms with Crippen LogP contribution in [0.3, 0.4) is 0 Å². The molecule has 2 heterocycles. The molecule has 19 heavy (non-hydrogen) atoms. The van der Waals surface area contributed by atoms with Crippen molar-refractivity contribution in [2.24, 2.45) is 5.73 Å². The van der Waals surface area contributed by atoms with E-state index in [-0.39, 0.29) is 42.3 Å². The first kappa shape index (κ1) is 18.1. The number of hydrogen-bond acceptors (Lipinski definition) is 3. The predicted molar refractivity (Wildman–Crippen MR) is 76.4 cm³/mol. The van der Waals surface area contributed by atoms with E-state index in [2.05, 4.69) is 4.98 Å². The number of nitrogens with two attached hydrogens (primary N) is 1. The van der Waals surface area contributed by atoms with Crippen molar-refractivity contribution >= 4 is 30.7 Å². The number of pyridine rings is 1. The summed E-state index contributed by atoms with van der Waals surface area (Å²) in [5, 5.41) is 0. The molecule has 1 aliphatic heterocycles. The quantitative estimate of drug-likeness (QED) is 0.909. The Bertz CT molecular complexity index is 420. The third-order valence-electron chi connectivity index (χ3n) is 3.16. The monoisotopic (exact) mass is 309 g/mol. The Hall–Kier alpha value is -0.910. The second-order valence-corrected chi connectivity index (χ2v) is 4.24. The Balaban J connectivity index is 0.00000162. The van der Waals surface area contributed by atoms with Crippen molar-refractivity contribution in [2.45, 2.75) is 25.3 Å². The molecule has 7 heteroatoms. The fraction of sp³-hybridized carbons (Fsp3) is 0.500. The molecule has 4 nitrogen and oxygen atoms in total. The van der Waals surface area contributed by atoms with E-state index in [0.29, 0.717) is 13.1 Å². The van der Waals surface area contributed by atoms with Crippen LogP contribution in [-0.2, 0) is 0 Å². The summed E-state index contributed by atoms with van der Waals surface area (Å²) in [6, 6.07) is 1.45. The van der Waals surface area contributed by atoms with Gasteiger partial charge in [-0.3, -0.25) is 9.78 Å². The lowest BCUT2D eigenvalue weighted by Crippen LogP contribution is -2.47. The fourth-order valence-electron chi connectivity index (χ4n) is 2.22. The Kier molecular flexibility index (Phi) is 7.90. The Labute approximate surface area is 124 Å². The minimum Gasteiger partial charge on any atom is -0.334 e. The van der Waals surface area contributed by atoms with Crippen molar-refractivity contribution in [3.63, 3.8) is 0 Å². The predicted octanol–water partition coefficient (Wildman–Crippen LogP) is 2.02. The summed E-state index contributed by atoms with van der Waals surface area (Å²) in [5.74, 6) is -0.848. The van der Waals surface area contributed by atoms with Gasteiger partial charge in [0.2, 0.25) is 0 Å². The molecule has 0 bridgehead atoms. The highest BCUT2D eigenvalue weighted by Gasteiger charge is 2.27. The largest absolute Gasteiger partial charge is 0.334 e. The van der Waals surface area contributed by atoms with Crippen molar-refractivity contribution in [3.05, 3.63) is 29.8 Å². The molecule has 1 amide bonds. The van der Waals surface area contributed by atoms with Crippen LogP contribution in [0.5, 0.6) is 0 Å².